The van der Waals surface area contributed by atoms with Crippen molar-refractivity contribution in [2.45, 2.75) is 19.5 Å². The summed E-state index contributed by atoms with van der Waals surface area (Å²) in [6, 6.07) is 2.80. The second-order valence-electron chi connectivity index (χ2n) is 5.34. The van der Waals surface area contributed by atoms with Gasteiger partial charge in [0.25, 0.3) is 0 Å². The molecule has 1 fully saturated rings. The number of rotatable bonds is 3. The number of amides is 2. The van der Waals surface area contributed by atoms with Crippen LogP contribution in [0.4, 0.5) is 23.7 Å². The third kappa shape index (κ3) is 3.22. The fourth-order valence-corrected chi connectivity index (χ4v) is 2.23. The molecule has 4 nitrogen and oxygen atoms in total. The molecule has 7 heteroatoms. The molecule has 0 bridgehead atoms. The minimum atomic E-state index is -4.48. The van der Waals surface area contributed by atoms with Crippen molar-refractivity contribution in [2.24, 2.45) is 11.1 Å². The van der Waals surface area contributed by atoms with Crippen LogP contribution in [0.5, 0.6) is 0 Å². The fourth-order valence-electron chi connectivity index (χ4n) is 2.23. The van der Waals surface area contributed by atoms with Crippen LogP contribution >= 0.6 is 0 Å². The second kappa shape index (κ2) is 4.97. The van der Waals surface area contributed by atoms with Crippen LogP contribution < -0.4 is 11.1 Å². The molecule has 2 rings (SSSR count). The number of nitrogens with two attached hydrogens (primary N) is 1. The molecular formula is C13H15F3N2O2. The Hall–Kier alpha value is -1.76. The molecule has 0 spiro atoms. The van der Waals surface area contributed by atoms with Crippen LogP contribution in [-0.2, 0) is 17.3 Å². The van der Waals surface area contributed by atoms with E-state index in [1.807, 2.05) is 6.92 Å². The van der Waals surface area contributed by atoms with Crippen LogP contribution in [0.2, 0.25) is 0 Å². The zero-order valence-corrected chi connectivity index (χ0v) is 10.9. The quantitative estimate of drug-likeness (QED) is 0.898. The van der Waals surface area contributed by atoms with E-state index >= 15 is 0 Å². The standard InChI is InChI=1S/C13H15F3N2O2/c1-12(6-20-7-12)5-8-2-3-9(18-11(17)19)4-10(8)13(14,15)16/h2-4H,5-7H2,1H3,(H3,17,18,19). The number of hydrogen-bond donors (Lipinski definition) is 2. The number of hydrogen-bond acceptors (Lipinski definition) is 2. The average Bonchev–Trinajstić information content (AvgIpc) is 2.27. The second-order valence-corrected chi connectivity index (χ2v) is 5.34. The molecule has 0 atom stereocenters. The predicted molar refractivity (Wildman–Crippen MR) is 67.3 cm³/mol. The predicted octanol–water partition coefficient (Wildman–Crippen LogP) is 2.78. The Kier molecular flexibility index (Phi) is 3.64. The molecule has 3 N–H and O–H groups in total. The summed E-state index contributed by atoms with van der Waals surface area (Å²) in [5.41, 5.74) is 4.11. The molecule has 1 aliphatic heterocycles. The van der Waals surface area contributed by atoms with Crippen molar-refractivity contribution < 1.29 is 22.7 Å². The van der Waals surface area contributed by atoms with Crippen molar-refractivity contribution in [3.63, 3.8) is 0 Å². The Morgan fingerprint density at radius 1 is 1.45 bits per heavy atom. The van der Waals surface area contributed by atoms with E-state index in [1.165, 1.54) is 12.1 Å². The molecule has 2 amide bonds. The molecule has 1 aromatic rings. The first-order valence-electron chi connectivity index (χ1n) is 6.04. The maximum atomic E-state index is 13.1. The molecule has 0 radical (unpaired) electrons. The molecule has 0 aromatic heterocycles. The fraction of sp³-hybridized carbons (Fsp3) is 0.462. The van der Waals surface area contributed by atoms with E-state index in [1.54, 1.807) is 0 Å². The summed E-state index contributed by atoms with van der Waals surface area (Å²) in [5, 5.41) is 2.15. The molecule has 1 aromatic carbocycles. The Labute approximate surface area is 114 Å². The normalized spacial score (nSPS) is 17.4. The van der Waals surface area contributed by atoms with E-state index in [4.69, 9.17) is 10.5 Å². The average molecular weight is 288 g/mol. The van der Waals surface area contributed by atoms with Crippen LogP contribution in [-0.4, -0.2) is 19.2 Å². The lowest BCUT2D eigenvalue weighted by Gasteiger charge is -2.38. The van der Waals surface area contributed by atoms with Crippen LogP contribution in [0.1, 0.15) is 18.1 Å². The third-order valence-electron chi connectivity index (χ3n) is 3.20. The van der Waals surface area contributed by atoms with Crippen molar-refractivity contribution in [1.29, 1.82) is 0 Å². The lowest BCUT2D eigenvalue weighted by atomic mass is 9.80. The van der Waals surface area contributed by atoms with Crippen LogP contribution in [0.15, 0.2) is 18.2 Å². The summed E-state index contributed by atoms with van der Waals surface area (Å²) in [6.07, 6.45) is -4.20. The minimum Gasteiger partial charge on any atom is -0.380 e. The van der Waals surface area contributed by atoms with Crippen molar-refractivity contribution in [1.82, 2.24) is 0 Å². The number of nitrogens with one attached hydrogen (secondary N) is 1. The lowest BCUT2D eigenvalue weighted by molar-refractivity contribution is -0.139. The number of anilines is 1. The highest BCUT2D eigenvalue weighted by Crippen LogP contribution is 2.38. The van der Waals surface area contributed by atoms with Gasteiger partial charge >= 0.3 is 12.2 Å². The zero-order chi connectivity index (χ0) is 15.0. The first-order chi connectivity index (χ1) is 9.20. The number of benzene rings is 1. The van der Waals surface area contributed by atoms with Gasteiger partial charge in [0.1, 0.15) is 0 Å². The minimum absolute atomic E-state index is 0.0311. The highest BCUT2D eigenvalue weighted by Gasteiger charge is 2.38. The smallest absolute Gasteiger partial charge is 0.380 e. The molecule has 1 heterocycles. The van der Waals surface area contributed by atoms with Gasteiger partial charge < -0.3 is 15.8 Å². The van der Waals surface area contributed by atoms with Crippen LogP contribution in [0.25, 0.3) is 0 Å². The highest BCUT2D eigenvalue weighted by molar-refractivity contribution is 5.87. The van der Waals surface area contributed by atoms with Gasteiger partial charge in [0.05, 0.1) is 18.8 Å². The molecule has 1 saturated heterocycles. The highest BCUT2D eigenvalue weighted by atomic mass is 19.4. The molecular weight excluding hydrogens is 273 g/mol. The van der Waals surface area contributed by atoms with Crippen molar-refractivity contribution in [2.75, 3.05) is 18.5 Å². The molecule has 110 valence electrons. The third-order valence-corrected chi connectivity index (χ3v) is 3.20. The maximum Gasteiger partial charge on any atom is 0.416 e. The molecule has 0 unspecified atom stereocenters. The number of primary amides is 1. The summed E-state index contributed by atoms with van der Waals surface area (Å²) in [5.74, 6) is 0. The monoisotopic (exact) mass is 288 g/mol. The SMILES string of the molecule is CC1(Cc2ccc(NC(N)=O)cc2C(F)(F)F)COC1. The molecule has 0 aliphatic carbocycles. The van der Waals surface area contributed by atoms with E-state index in [0.29, 0.717) is 13.2 Å². The largest absolute Gasteiger partial charge is 0.416 e. The van der Waals surface area contributed by atoms with Gasteiger partial charge in [-0.1, -0.05) is 13.0 Å². The Morgan fingerprint density at radius 2 is 2.10 bits per heavy atom. The number of urea groups is 1. The Bertz CT molecular complexity index is 525. The van der Waals surface area contributed by atoms with Gasteiger partial charge in [-0.3, -0.25) is 0 Å². The van der Waals surface area contributed by atoms with E-state index in [-0.39, 0.29) is 23.1 Å². The lowest BCUT2D eigenvalue weighted by Crippen LogP contribution is -2.41. The summed E-state index contributed by atoms with van der Waals surface area (Å²) in [6.45, 7) is 2.78. The summed E-state index contributed by atoms with van der Waals surface area (Å²) >= 11 is 0. The van der Waals surface area contributed by atoms with Crippen molar-refractivity contribution >= 4 is 11.7 Å². The summed E-state index contributed by atoms with van der Waals surface area (Å²) in [7, 11) is 0. The topological polar surface area (TPSA) is 64.3 Å². The summed E-state index contributed by atoms with van der Waals surface area (Å²) in [4.78, 5) is 10.7. The van der Waals surface area contributed by atoms with Crippen molar-refractivity contribution in [3.8, 4) is 0 Å². The van der Waals surface area contributed by atoms with Gasteiger partial charge in [0, 0.05) is 11.1 Å². The van der Waals surface area contributed by atoms with Crippen molar-refractivity contribution in [3.05, 3.63) is 29.3 Å². The number of halogens is 3. The van der Waals surface area contributed by atoms with Gasteiger partial charge in [-0.05, 0) is 24.1 Å². The first-order valence-corrected chi connectivity index (χ1v) is 6.04. The maximum absolute atomic E-state index is 13.1. The van der Waals surface area contributed by atoms with Gasteiger partial charge in [-0.15, -0.1) is 0 Å². The number of alkyl halides is 3. The first kappa shape index (κ1) is 14.6. The Balaban J connectivity index is 2.32. The zero-order valence-electron chi connectivity index (χ0n) is 10.9. The molecule has 20 heavy (non-hydrogen) atoms. The Morgan fingerprint density at radius 3 is 2.55 bits per heavy atom. The number of carbonyl (C=O) groups is 1. The van der Waals surface area contributed by atoms with Gasteiger partial charge in [0.15, 0.2) is 0 Å². The van der Waals surface area contributed by atoms with E-state index in [9.17, 15) is 18.0 Å². The summed E-state index contributed by atoms with van der Waals surface area (Å²) < 4.78 is 44.3. The van der Waals surface area contributed by atoms with Crippen LogP contribution in [0, 0.1) is 5.41 Å². The number of ether oxygens (including phenoxy) is 1. The van der Waals surface area contributed by atoms with Gasteiger partial charge in [0.2, 0.25) is 0 Å². The van der Waals surface area contributed by atoms with Gasteiger partial charge in [-0.2, -0.15) is 13.2 Å². The van der Waals surface area contributed by atoms with Gasteiger partial charge in [-0.25, -0.2) is 4.79 Å². The number of carbonyl (C=O) groups excluding carboxylic acids is 1. The van der Waals surface area contributed by atoms with E-state index in [0.717, 1.165) is 6.07 Å². The van der Waals surface area contributed by atoms with E-state index < -0.39 is 17.8 Å². The van der Waals surface area contributed by atoms with E-state index in [2.05, 4.69) is 5.32 Å². The van der Waals surface area contributed by atoms with Crippen LogP contribution in [0.3, 0.4) is 0 Å². The molecule has 1 aliphatic rings. The molecule has 0 saturated carbocycles.